The molecule has 0 atom stereocenters. The third-order valence-electron chi connectivity index (χ3n) is 2.62. The van der Waals surface area contributed by atoms with Gasteiger partial charge < -0.3 is 5.32 Å². The summed E-state index contributed by atoms with van der Waals surface area (Å²) in [6.07, 6.45) is 0. The largest absolute Gasteiger partial charge is 0.358 e. The van der Waals surface area contributed by atoms with Gasteiger partial charge in [-0.1, -0.05) is 23.9 Å². The Hall–Kier alpha value is -2.48. The zero-order valence-electron chi connectivity index (χ0n) is 11.1. The van der Waals surface area contributed by atoms with Gasteiger partial charge in [-0.3, -0.25) is 14.9 Å². The summed E-state index contributed by atoms with van der Waals surface area (Å²) >= 11 is 1.27. The Labute approximate surface area is 124 Å². The van der Waals surface area contributed by atoms with Gasteiger partial charge in [-0.25, -0.2) is 0 Å². The maximum absolute atomic E-state index is 11.1. The monoisotopic (exact) mass is 304 g/mol. The lowest BCUT2D eigenvalue weighted by Crippen LogP contribution is -2.19. The molecule has 0 unspecified atom stereocenters. The number of carbonyl (C=O) groups is 1. The lowest BCUT2D eigenvalue weighted by atomic mass is 10.1. The fraction of sp³-hybridized carbons (Fsp3) is 0.154. The Morgan fingerprint density at radius 1 is 1.33 bits per heavy atom. The van der Waals surface area contributed by atoms with Crippen LogP contribution >= 0.6 is 11.8 Å². The third-order valence-corrected chi connectivity index (χ3v) is 3.54. The van der Waals surface area contributed by atoms with Gasteiger partial charge in [0.1, 0.15) is 5.03 Å². The summed E-state index contributed by atoms with van der Waals surface area (Å²) in [5.74, 6) is 0.172. The summed E-state index contributed by atoms with van der Waals surface area (Å²) in [6.45, 7) is 0. The maximum Gasteiger partial charge on any atom is 0.270 e. The van der Waals surface area contributed by atoms with Crippen molar-refractivity contribution >= 4 is 23.4 Å². The highest BCUT2D eigenvalue weighted by Gasteiger charge is 2.09. The quantitative estimate of drug-likeness (QED) is 0.514. The number of thioether (sulfide) groups is 1. The first-order chi connectivity index (χ1) is 10.1. The van der Waals surface area contributed by atoms with Crippen LogP contribution in [0.3, 0.4) is 0 Å². The van der Waals surface area contributed by atoms with Crippen molar-refractivity contribution in [1.29, 1.82) is 0 Å². The van der Waals surface area contributed by atoms with E-state index in [1.807, 2.05) is 0 Å². The van der Waals surface area contributed by atoms with Crippen molar-refractivity contribution in [1.82, 2.24) is 15.5 Å². The Balaban J connectivity index is 2.13. The van der Waals surface area contributed by atoms with E-state index in [2.05, 4.69) is 15.5 Å². The first-order valence-electron chi connectivity index (χ1n) is 6.02. The average Bonchev–Trinajstić information content (AvgIpc) is 2.53. The predicted octanol–water partition coefficient (Wildman–Crippen LogP) is 1.89. The summed E-state index contributed by atoms with van der Waals surface area (Å²) in [7, 11) is 1.57. The molecule has 1 heterocycles. The van der Waals surface area contributed by atoms with Crippen molar-refractivity contribution < 1.29 is 9.72 Å². The highest BCUT2D eigenvalue weighted by molar-refractivity contribution is 7.99. The van der Waals surface area contributed by atoms with Gasteiger partial charge >= 0.3 is 0 Å². The topological polar surface area (TPSA) is 98.0 Å². The summed E-state index contributed by atoms with van der Waals surface area (Å²) in [5.41, 5.74) is 1.18. The van der Waals surface area contributed by atoms with Gasteiger partial charge in [-0.15, -0.1) is 10.2 Å². The van der Waals surface area contributed by atoms with Crippen LogP contribution in [0.2, 0.25) is 0 Å². The van der Waals surface area contributed by atoms with Crippen LogP contribution in [-0.4, -0.2) is 33.8 Å². The number of hydrogen-bond donors (Lipinski definition) is 1. The molecule has 21 heavy (non-hydrogen) atoms. The molecule has 0 aliphatic carbocycles. The number of nitrogens with zero attached hydrogens (tertiary/aromatic N) is 3. The van der Waals surface area contributed by atoms with E-state index in [0.29, 0.717) is 16.3 Å². The highest BCUT2D eigenvalue weighted by atomic mass is 32.2. The standard InChI is InChI=1S/C13H12N4O3S/c1-14-12(18)8-21-13-6-5-11(15-16-13)9-3-2-4-10(7-9)17(19)20/h2-7H,8H2,1H3,(H,14,18). The fourth-order valence-corrected chi connectivity index (χ4v) is 2.23. The van der Waals surface area contributed by atoms with Gasteiger partial charge in [0.15, 0.2) is 0 Å². The molecule has 1 aromatic heterocycles. The van der Waals surface area contributed by atoms with Crippen molar-refractivity contribution in [2.24, 2.45) is 0 Å². The third kappa shape index (κ3) is 3.99. The van der Waals surface area contributed by atoms with Gasteiger partial charge in [-0.05, 0) is 12.1 Å². The molecule has 0 fully saturated rings. The molecule has 0 saturated carbocycles. The number of carbonyl (C=O) groups excluding carboxylic acids is 1. The number of nitrogens with one attached hydrogen (secondary N) is 1. The molecular weight excluding hydrogens is 292 g/mol. The van der Waals surface area contributed by atoms with Crippen LogP contribution in [-0.2, 0) is 4.79 Å². The predicted molar refractivity (Wildman–Crippen MR) is 78.9 cm³/mol. The molecule has 7 nitrogen and oxygen atoms in total. The molecule has 0 bridgehead atoms. The molecule has 0 saturated heterocycles. The summed E-state index contributed by atoms with van der Waals surface area (Å²) in [5, 5.41) is 21.9. The summed E-state index contributed by atoms with van der Waals surface area (Å²) in [4.78, 5) is 21.4. The summed E-state index contributed by atoms with van der Waals surface area (Å²) in [6, 6.07) is 9.65. The fourth-order valence-electron chi connectivity index (χ4n) is 1.54. The number of benzene rings is 1. The zero-order valence-corrected chi connectivity index (χ0v) is 12.0. The molecule has 0 radical (unpaired) electrons. The van der Waals surface area contributed by atoms with Crippen molar-refractivity contribution in [3.8, 4) is 11.3 Å². The SMILES string of the molecule is CNC(=O)CSc1ccc(-c2cccc([N+](=O)[O-])c2)nn1. The number of non-ortho nitro benzene ring substituents is 1. The van der Waals surface area contributed by atoms with E-state index in [9.17, 15) is 14.9 Å². The number of amides is 1. The van der Waals surface area contributed by atoms with Crippen LogP contribution in [0.1, 0.15) is 0 Å². The number of aromatic nitrogens is 2. The second-order valence-corrected chi connectivity index (χ2v) is 5.02. The van der Waals surface area contributed by atoms with Crippen molar-refractivity contribution in [3.63, 3.8) is 0 Å². The molecule has 1 N–H and O–H groups in total. The van der Waals surface area contributed by atoms with E-state index in [0.717, 1.165) is 0 Å². The van der Waals surface area contributed by atoms with E-state index < -0.39 is 4.92 Å². The van der Waals surface area contributed by atoms with Gasteiger partial charge in [-0.2, -0.15) is 0 Å². The Kier molecular flexibility index (Phi) is 4.83. The van der Waals surface area contributed by atoms with E-state index in [4.69, 9.17) is 0 Å². The Bertz CT molecular complexity index is 661. The first-order valence-corrected chi connectivity index (χ1v) is 7.00. The molecule has 108 valence electrons. The Morgan fingerprint density at radius 3 is 2.76 bits per heavy atom. The van der Waals surface area contributed by atoms with Gasteiger partial charge in [0.2, 0.25) is 5.91 Å². The van der Waals surface area contributed by atoms with Crippen molar-refractivity contribution in [2.75, 3.05) is 12.8 Å². The van der Waals surface area contributed by atoms with Crippen LogP contribution in [0.4, 0.5) is 5.69 Å². The van der Waals surface area contributed by atoms with Crippen LogP contribution < -0.4 is 5.32 Å². The second kappa shape index (κ2) is 6.80. The van der Waals surface area contributed by atoms with E-state index in [1.54, 1.807) is 31.3 Å². The normalized spacial score (nSPS) is 10.1. The minimum absolute atomic E-state index is 0.00682. The second-order valence-electron chi connectivity index (χ2n) is 4.03. The number of nitro groups is 1. The molecular formula is C13H12N4O3S. The smallest absolute Gasteiger partial charge is 0.270 e. The molecule has 2 aromatic rings. The van der Waals surface area contributed by atoms with Gasteiger partial charge in [0.05, 0.1) is 16.4 Å². The minimum atomic E-state index is -0.454. The van der Waals surface area contributed by atoms with E-state index in [1.165, 1.54) is 23.9 Å². The van der Waals surface area contributed by atoms with Gasteiger partial charge in [0, 0.05) is 24.7 Å². The molecule has 0 spiro atoms. The van der Waals surface area contributed by atoms with Crippen LogP contribution in [0.25, 0.3) is 11.3 Å². The van der Waals surface area contributed by atoms with Crippen LogP contribution in [0.15, 0.2) is 41.4 Å². The molecule has 8 heteroatoms. The van der Waals surface area contributed by atoms with Gasteiger partial charge in [0.25, 0.3) is 5.69 Å². The van der Waals surface area contributed by atoms with E-state index >= 15 is 0 Å². The summed E-state index contributed by atoms with van der Waals surface area (Å²) < 4.78 is 0. The lowest BCUT2D eigenvalue weighted by molar-refractivity contribution is -0.384. The Morgan fingerprint density at radius 2 is 2.14 bits per heavy atom. The lowest BCUT2D eigenvalue weighted by Gasteiger charge is -2.02. The van der Waals surface area contributed by atoms with E-state index in [-0.39, 0.29) is 17.3 Å². The molecule has 0 aliphatic heterocycles. The molecule has 1 amide bonds. The van der Waals surface area contributed by atoms with Crippen molar-refractivity contribution in [2.45, 2.75) is 5.03 Å². The molecule has 1 aromatic carbocycles. The molecule has 2 rings (SSSR count). The van der Waals surface area contributed by atoms with Crippen LogP contribution in [0, 0.1) is 10.1 Å². The number of rotatable bonds is 5. The number of hydrogen-bond acceptors (Lipinski definition) is 6. The molecule has 0 aliphatic rings. The maximum atomic E-state index is 11.1. The van der Waals surface area contributed by atoms with Crippen LogP contribution in [0.5, 0.6) is 0 Å². The highest BCUT2D eigenvalue weighted by Crippen LogP contribution is 2.23. The minimum Gasteiger partial charge on any atom is -0.358 e. The average molecular weight is 304 g/mol. The first kappa shape index (κ1) is 14.9. The van der Waals surface area contributed by atoms with Crippen molar-refractivity contribution in [3.05, 3.63) is 46.5 Å². The zero-order chi connectivity index (χ0) is 15.2. The number of nitro benzene ring substituents is 1.